The number of carbonyl (C=O) groups excluding carboxylic acids is 1. The number of benzene rings is 1. The molecule has 3 rings (SSSR count). The maximum atomic E-state index is 12.6. The summed E-state index contributed by atoms with van der Waals surface area (Å²) in [7, 11) is -3.72. The van der Waals surface area contributed by atoms with Crippen molar-refractivity contribution in [1.82, 2.24) is 9.88 Å². The fraction of sp³-hybridized carbons (Fsp3) is 0.333. The highest BCUT2D eigenvalue weighted by molar-refractivity contribution is 7.92. The molecule has 1 aromatic heterocycles. The molecule has 0 saturated carbocycles. The van der Waals surface area contributed by atoms with Crippen LogP contribution in [0.2, 0.25) is 0 Å². The van der Waals surface area contributed by atoms with Crippen molar-refractivity contribution in [3.63, 3.8) is 0 Å². The molecule has 8 heteroatoms. The van der Waals surface area contributed by atoms with Crippen molar-refractivity contribution < 1.29 is 13.2 Å². The van der Waals surface area contributed by atoms with Crippen LogP contribution in [0.3, 0.4) is 0 Å². The maximum Gasteiger partial charge on any atom is 0.261 e. The van der Waals surface area contributed by atoms with Crippen LogP contribution < -0.4 is 10.5 Å². The second-order valence-electron chi connectivity index (χ2n) is 6.86. The Morgan fingerprint density at radius 1 is 1.23 bits per heavy atom. The molecule has 26 heavy (non-hydrogen) atoms. The van der Waals surface area contributed by atoms with Crippen molar-refractivity contribution in [2.24, 2.45) is 11.1 Å². The fourth-order valence-corrected chi connectivity index (χ4v) is 4.02. The first kappa shape index (κ1) is 18.3. The number of amides is 1. The summed E-state index contributed by atoms with van der Waals surface area (Å²) in [5.74, 6) is -0.104. The number of nitrogens with two attached hydrogens (primary N) is 1. The summed E-state index contributed by atoms with van der Waals surface area (Å²) >= 11 is 0. The van der Waals surface area contributed by atoms with Crippen LogP contribution in [-0.2, 0) is 10.0 Å². The standard InChI is InChI=1S/C18H22N4O3S/c1-18(12-19)8-11-22(13-18)17(23)14-2-4-16(5-3-14)26(24,25)21-15-6-9-20-10-7-15/h2-7,9-10H,8,11-13,19H2,1H3,(H,20,21). The van der Waals surface area contributed by atoms with Crippen LogP contribution in [0, 0.1) is 5.41 Å². The third-order valence-corrected chi connectivity index (χ3v) is 6.08. The van der Waals surface area contributed by atoms with Gasteiger partial charge in [0.25, 0.3) is 15.9 Å². The first-order chi connectivity index (χ1) is 12.3. The van der Waals surface area contributed by atoms with Crippen molar-refractivity contribution in [2.75, 3.05) is 24.4 Å². The molecule has 0 aliphatic carbocycles. The molecule has 138 valence electrons. The number of sulfonamides is 1. The Morgan fingerprint density at radius 3 is 2.46 bits per heavy atom. The molecular weight excluding hydrogens is 352 g/mol. The zero-order chi connectivity index (χ0) is 18.8. The van der Waals surface area contributed by atoms with Gasteiger partial charge in [0, 0.05) is 31.0 Å². The van der Waals surface area contributed by atoms with Crippen LogP contribution in [-0.4, -0.2) is 43.8 Å². The summed E-state index contributed by atoms with van der Waals surface area (Å²) in [5, 5.41) is 0. The molecule has 1 unspecified atom stereocenters. The Bertz CT molecular complexity index is 884. The minimum Gasteiger partial charge on any atom is -0.338 e. The van der Waals surface area contributed by atoms with Crippen molar-refractivity contribution in [2.45, 2.75) is 18.2 Å². The van der Waals surface area contributed by atoms with Gasteiger partial charge in [-0.25, -0.2) is 8.42 Å². The zero-order valence-corrected chi connectivity index (χ0v) is 15.4. The number of hydrogen-bond donors (Lipinski definition) is 2. The van der Waals surface area contributed by atoms with Gasteiger partial charge < -0.3 is 10.6 Å². The number of carbonyl (C=O) groups is 1. The summed E-state index contributed by atoms with van der Waals surface area (Å²) < 4.78 is 27.3. The van der Waals surface area contributed by atoms with E-state index in [1.165, 1.54) is 24.5 Å². The zero-order valence-electron chi connectivity index (χ0n) is 14.6. The fourth-order valence-electron chi connectivity index (χ4n) is 2.96. The van der Waals surface area contributed by atoms with Crippen molar-refractivity contribution in [1.29, 1.82) is 0 Å². The molecule has 0 bridgehead atoms. The minimum absolute atomic E-state index is 0.0482. The van der Waals surface area contributed by atoms with E-state index in [4.69, 9.17) is 5.73 Å². The molecule has 1 saturated heterocycles. The highest BCUT2D eigenvalue weighted by Crippen LogP contribution is 2.29. The maximum absolute atomic E-state index is 12.6. The van der Waals surface area contributed by atoms with E-state index >= 15 is 0 Å². The number of pyridine rings is 1. The highest BCUT2D eigenvalue weighted by Gasteiger charge is 2.35. The van der Waals surface area contributed by atoms with Gasteiger partial charge in [0.2, 0.25) is 0 Å². The van der Waals surface area contributed by atoms with Gasteiger partial charge in [-0.15, -0.1) is 0 Å². The van der Waals surface area contributed by atoms with E-state index in [1.807, 2.05) is 0 Å². The first-order valence-corrected chi connectivity index (χ1v) is 9.84. The van der Waals surface area contributed by atoms with Crippen LogP contribution in [0.1, 0.15) is 23.7 Å². The second kappa shape index (κ2) is 7.05. The Kier molecular flexibility index (Phi) is 4.97. The highest BCUT2D eigenvalue weighted by atomic mass is 32.2. The summed E-state index contributed by atoms with van der Waals surface area (Å²) in [6.07, 6.45) is 3.88. The van der Waals surface area contributed by atoms with Crippen LogP contribution in [0.25, 0.3) is 0 Å². The van der Waals surface area contributed by atoms with Gasteiger partial charge in [-0.1, -0.05) is 6.92 Å². The van der Waals surface area contributed by atoms with Gasteiger partial charge in [-0.3, -0.25) is 14.5 Å². The van der Waals surface area contributed by atoms with E-state index in [0.29, 0.717) is 30.9 Å². The lowest BCUT2D eigenvalue weighted by Gasteiger charge is -2.22. The average molecular weight is 374 g/mol. The van der Waals surface area contributed by atoms with E-state index in [-0.39, 0.29) is 16.2 Å². The smallest absolute Gasteiger partial charge is 0.261 e. The molecule has 1 aliphatic heterocycles. The van der Waals surface area contributed by atoms with Crippen LogP contribution in [0.4, 0.5) is 5.69 Å². The van der Waals surface area contributed by atoms with Gasteiger partial charge in [0.15, 0.2) is 0 Å². The third-order valence-electron chi connectivity index (χ3n) is 4.68. The number of rotatable bonds is 5. The van der Waals surface area contributed by atoms with Crippen LogP contribution in [0.5, 0.6) is 0 Å². The number of hydrogen-bond acceptors (Lipinski definition) is 5. The minimum atomic E-state index is -3.72. The van der Waals surface area contributed by atoms with Gasteiger partial charge in [-0.2, -0.15) is 0 Å². The number of likely N-dealkylation sites (tertiary alicyclic amines) is 1. The third kappa shape index (κ3) is 3.86. The molecule has 2 heterocycles. The molecular formula is C18H22N4O3S. The number of aromatic nitrogens is 1. The first-order valence-electron chi connectivity index (χ1n) is 8.35. The molecule has 1 amide bonds. The van der Waals surface area contributed by atoms with Gasteiger partial charge in [0.05, 0.1) is 10.6 Å². The Morgan fingerprint density at radius 2 is 1.88 bits per heavy atom. The molecule has 1 aliphatic rings. The lowest BCUT2D eigenvalue weighted by molar-refractivity contribution is 0.0777. The largest absolute Gasteiger partial charge is 0.338 e. The van der Waals surface area contributed by atoms with E-state index in [1.54, 1.807) is 29.2 Å². The second-order valence-corrected chi connectivity index (χ2v) is 8.54. The topological polar surface area (TPSA) is 105 Å². The van der Waals surface area contributed by atoms with Crippen molar-refractivity contribution in [3.8, 4) is 0 Å². The van der Waals surface area contributed by atoms with E-state index in [0.717, 1.165) is 6.42 Å². The quantitative estimate of drug-likeness (QED) is 0.828. The molecule has 1 aromatic carbocycles. The predicted octanol–water partition coefficient (Wildman–Crippen LogP) is 1.69. The number of anilines is 1. The van der Waals surface area contributed by atoms with Crippen LogP contribution in [0.15, 0.2) is 53.7 Å². The van der Waals surface area contributed by atoms with E-state index in [9.17, 15) is 13.2 Å². The Balaban J connectivity index is 1.73. The molecule has 0 radical (unpaired) electrons. The van der Waals surface area contributed by atoms with E-state index < -0.39 is 10.0 Å². The summed E-state index contributed by atoms with van der Waals surface area (Å²) in [6, 6.07) is 9.10. The molecule has 1 fully saturated rings. The molecule has 2 aromatic rings. The summed E-state index contributed by atoms with van der Waals surface area (Å²) in [5.41, 5.74) is 6.63. The lowest BCUT2D eigenvalue weighted by Crippen LogP contribution is -2.34. The van der Waals surface area contributed by atoms with Gasteiger partial charge in [-0.05, 0) is 54.8 Å². The normalized spacial score (nSPS) is 20.2. The Labute approximate surface area is 153 Å². The molecule has 7 nitrogen and oxygen atoms in total. The van der Waals surface area contributed by atoms with Crippen LogP contribution >= 0.6 is 0 Å². The molecule has 1 atom stereocenters. The average Bonchev–Trinajstić information content (AvgIpc) is 3.05. The van der Waals surface area contributed by atoms with E-state index in [2.05, 4.69) is 16.6 Å². The summed E-state index contributed by atoms with van der Waals surface area (Å²) in [4.78, 5) is 18.3. The van der Waals surface area contributed by atoms with Gasteiger partial charge >= 0.3 is 0 Å². The molecule has 0 spiro atoms. The molecule has 3 N–H and O–H groups in total. The monoisotopic (exact) mass is 374 g/mol. The Hall–Kier alpha value is -2.45. The predicted molar refractivity (Wildman–Crippen MR) is 99.2 cm³/mol. The summed E-state index contributed by atoms with van der Waals surface area (Å²) in [6.45, 7) is 3.89. The lowest BCUT2D eigenvalue weighted by atomic mass is 9.90. The van der Waals surface area contributed by atoms with Crippen molar-refractivity contribution in [3.05, 3.63) is 54.4 Å². The van der Waals surface area contributed by atoms with Crippen molar-refractivity contribution >= 4 is 21.6 Å². The number of nitrogens with one attached hydrogen (secondary N) is 1. The van der Waals surface area contributed by atoms with Gasteiger partial charge in [0.1, 0.15) is 0 Å². The number of nitrogens with zero attached hydrogens (tertiary/aromatic N) is 2. The SMILES string of the molecule is CC1(CN)CCN(C(=O)c2ccc(S(=O)(=O)Nc3ccncc3)cc2)C1.